The van der Waals surface area contributed by atoms with Crippen LogP contribution in [0.4, 0.5) is 4.79 Å². The second-order valence-electron chi connectivity index (χ2n) is 3.29. The van der Waals surface area contributed by atoms with Gasteiger partial charge in [-0.25, -0.2) is 4.79 Å². The Hall–Kier alpha value is -0.730. The summed E-state index contributed by atoms with van der Waals surface area (Å²) in [4.78, 5) is 10.8. The number of hydrogen-bond donors (Lipinski definition) is 1. The highest BCUT2D eigenvalue weighted by Crippen LogP contribution is 1.92. The Bertz CT molecular complexity index is 121. The van der Waals surface area contributed by atoms with E-state index in [9.17, 15) is 4.79 Å². The zero-order valence-electron chi connectivity index (χ0n) is 7.68. The number of rotatable bonds is 3. The molecule has 0 aliphatic heterocycles. The monoisotopic (exact) mass is 159 g/mol. The number of carbonyl (C=O) groups excluding carboxylic acids is 1. The summed E-state index contributed by atoms with van der Waals surface area (Å²) >= 11 is 0. The third-order valence-electron chi connectivity index (χ3n) is 0.954. The minimum Gasteiger partial charge on any atom is -0.449 e. The summed E-state index contributed by atoms with van der Waals surface area (Å²) in [6, 6.07) is 0.148. The molecule has 0 bridgehead atoms. The molecule has 0 aromatic heterocycles. The third kappa shape index (κ3) is 7.16. The van der Waals surface area contributed by atoms with E-state index in [0.717, 1.165) is 0 Å². The Morgan fingerprint density at radius 2 is 1.91 bits per heavy atom. The molecule has 3 nitrogen and oxygen atoms in total. The van der Waals surface area contributed by atoms with Crippen LogP contribution in [0.15, 0.2) is 0 Å². The van der Waals surface area contributed by atoms with Crippen LogP contribution in [0.25, 0.3) is 0 Å². The highest BCUT2D eigenvalue weighted by molar-refractivity contribution is 5.67. The highest BCUT2D eigenvalue weighted by atomic mass is 16.5. The van der Waals surface area contributed by atoms with Gasteiger partial charge in [0.1, 0.15) is 0 Å². The largest absolute Gasteiger partial charge is 0.449 e. The number of amides is 1. The summed E-state index contributed by atoms with van der Waals surface area (Å²) in [5.41, 5.74) is 0. The Balaban J connectivity index is 3.38. The van der Waals surface area contributed by atoms with Gasteiger partial charge in [0.05, 0.1) is 6.61 Å². The molecule has 0 aromatic carbocycles. The number of alkyl carbamates (subject to hydrolysis) is 1. The zero-order valence-corrected chi connectivity index (χ0v) is 7.68. The summed E-state index contributed by atoms with van der Waals surface area (Å²) < 4.78 is 4.86. The Kier molecular flexibility index (Phi) is 4.66. The van der Waals surface area contributed by atoms with Crippen molar-refractivity contribution in [3.63, 3.8) is 0 Å². The van der Waals surface area contributed by atoms with Gasteiger partial charge in [-0.2, -0.15) is 0 Å². The molecule has 0 saturated heterocycles. The molecule has 0 rings (SSSR count). The van der Waals surface area contributed by atoms with Crippen molar-refractivity contribution in [1.82, 2.24) is 5.32 Å². The first kappa shape index (κ1) is 10.3. The Morgan fingerprint density at radius 1 is 1.36 bits per heavy atom. The van der Waals surface area contributed by atoms with Gasteiger partial charge in [0.2, 0.25) is 0 Å². The lowest BCUT2D eigenvalue weighted by Gasteiger charge is -2.10. The molecular weight excluding hydrogens is 142 g/mol. The van der Waals surface area contributed by atoms with E-state index in [2.05, 4.69) is 5.32 Å². The molecule has 66 valence electrons. The number of hydrogen-bond acceptors (Lipinski definition) is 2. The molecule has 0 radical (unpaired) electrons. The first-order valence-electron chi connectivity index (χ1n) is 3.95. The van der Waals surface area contributed by atoms with E-state index in [1.165, 1.54) is 0 Å². The fourth-order valence-corrected chi connectivity index (χ4v) is 0.520. The van der Waals surface area contributed by atoms with Crippen LogP contribution in [0.2, 0.25) is 0 Å². The molecule has 0 atom stereocenters. The summed E-state index contributed by atoms with van der Waals surface area (Å²) in [6.07, 6.45) is -0.325. The average Bonchev–Trinajstić information content (AvgIpc) is 1.82. The van der Waals surface area contributed by atoms with E-state index < -0.39 is 0 Å². The number of nitrogens with one attached hydrogen (secondary N) is 1. The van der Waals surface area contributed by atoms with Crippen LogP contribution in [-0.2, 0) is 4.74 Å². The summed E-state index contributed by atoms with van der Waals surface area (Å²) in [6.45, 7) is 8.29. The van der Waals surface area contributed by atoms with Crippen LogP contribution in [-0.4, -0.2) is 18.7 Å². The van der Waals surface area contributed by atoms with Gasteiger partial charge in [-0.15, -0.1) is 0 Å². The molecule has 0 fully saturated rings. The van der Waals surface area contributed by atoms with Crippen molar-refractivity contribution in [2.75, 3.05) is 6.61 Å². The van der Waals surface area contributed by atoms with Gasteiger partial charge >= 0.3 is 6.09 Å². The van der Waals surface area contributed by atoms with Gasteiger partial charge in [0.25, 0.3) is 0 Å². The highest BCUT2D eigenvalue weighted by Gasteiger charge is 2.03. The van der Waals surface area contributed by atoms with Crippen molar-refractivity contribution in [2.24, 2.45) is 5.92 Å². The van der Waals surface area contributed by atoms with Crippen molar-refractivity contribution < 1.29 is 9.53 Å². The van der Waals surface area contributed by atoms with Gasteiger partial charge in [-0.05, 0) is 19.8 Å². The van der Waals surface area contributed by atoms with Crippen molar-refractivity contribution in [1.29, 1.82) is 0 Å². The lowest BCUT2D eigenvalue weighted by molar-refractivity contribution is 0.130. The van der Waals surface area contributed by atoms with Gasteiger partial charge in [0.15, 0.2) is 0 Å². The maximum atomic E-state index is 10.8. The minimum absolute atomic E-state index is 0.148. The molecule has 0 spiro atoms. The maximum absolute atomic E-state index is 10.8. The molecule has 1 amide bonds. The Labute approximate surface area is 68.1 Å². The van der Waals surface area contributed by atoms with E-state index in [-0.39, 0.29) is 12.1 Å². The van der Waals surface area contributed by atoms with E-state index in [1.807, 2.05) is 27.7 Å². The van der Waals surface area contributed by atoms with E-state index in [1.54, 1.807) is 0 Å². The van der Waals surface area contributed by atoms with Crippen molar-refractivity contribution in [2.45, 2.75) is 33.7 Å². The van der Waals surface area contributed by atoms with Crippen LogP contribution in [0.3, 0.4) is 0 Å². The van der Waals surface area contributed by atoms with Gasteiger partial charge in [-0.3, -0.25) is 0 Å². The van der Waals surface area contributed by atoms with Crippen LogP contribution in [0, 0.1) is 5.92 Å². The topological polar surface area (TPSA) is 38.3 Å². The number of carbonyl (C=O) groups is 1. The first-order chi connectivity index (χ1) is 5.02. The molecule has 0 saturated carbocycles. The van der Waals surface area contributed by atoms with E-state index in [4.69, 9.17) is 4.74 Å². The standard InChI is InChI=1S/C8H17NO2/c1-6(2)5-11-8(10)9-7(3)4/h6-7H,5H2,1-4H3,(H,9,10). The van der Waals surface area contributed by atoms with Gasteiger partial charge in [-0.1, -0.05) is 13.8 Å². The first-order valence-corrected chi connectivity index (χ1v) is 3.95. The second-order valence-corrected chi connectivity index (χ2v) is 3.29. The SMILES string of the molecule is CC(C)COC(=O)NC(C)C. The minimum atomic E-state index is -0.325. The fraction of sp³-hybridized carbons (Fsp3) is 0.875. The fourth-order valence-electron chi connectivity index (χ4n) is 0.520. The third-order valence-corrected chi connectivity index (χ3v) is 0.954. The predicted molar refractivity (Wildman–Crippen MR) is 44.5 cm³/mol. The van der Waals surface area contributed by atoms with Crippen LogP contribution < -0.4 is 5.32 Å². The molecular formula is C8H17NO2. The van der Waals surface area contributed by atoms with Crippen molar-refractivity contribution >= 4 is 6.09 Å². The molecule has 0 aliphatic carbocycles. The molecule has 11 heavy (non-hydrogen) atoms. The zero-order chi connectivity index (χ0) is 8.85. The second kappa shape index (κ2) is 4.99. The predicted octanol–water partition coefficient (Wildman–Crippen LogP) is 1.78. The maximum Gasteiger partial charge on any atom is 0.407 e. The molecule has 0 unspecified atom stereocenters. The molecule has 1 N–H and O–H groups in total. The van der Waals surface area contributed by atoms with Crippen molar-refractivity contribution in [3.05, 3.63) is 0 Å². The smallest absolute Gasteiger partial charge is 0.407 e. The van der Waals surface area contributed by atoms with Crippen molar-refractivity contribution in [3.8, 4) is 0 Å². The lowest BCUT2D eigenvalue weighted by atomic mass is 10.2. The number of ether oxygens (including phenoxy) is 1. The molecule has 0 aromatic rings. The Morgan fingerprint density at radius 3 is 2.27 bits per heavy atom. The van der Waals surface area contributed by atoms with Gasteiger partial charge in [0, 0.05) is 6.04 Å². The van der Waals surface area contributed by atoms with Gasteiger partial charge < -0.3 is 10.1 Å². The summed E-state index contributed by atoms with van der Waals surface area (Å²) in [5.74, 6) is 0.396. The van der Waals surface area contributed by atoms with E-state index >= 15 is 0 Å². The van der Waals surface area contributed by atoms with Crippen LogP contribution in [0.5, 0.6) is 0 Å². The molecule has 0 heterocycles. The lowest BCUT2D eigenvalue weighted by Crippen LogP contribution is -2.31. The van der Waals surface area contributed by atoms with Crippen LogP contribution in [0.1, 0.15) is 27.7 Å². The summed E-state index contributed by atoms with van der Waals surface area (Å²) in [5, 5.41) is 2.64. The molecule has 0 aliphatic rings. The normalized spacial score (nSPS) is 10.4. The molecule has 3 heteroatoms. The average molecular weight is 159 g/mol. The quantitative estimate of drug-likeness (QED) is 0.681. The van der Waals surface area contributed by atoms with E-state index in [0.29, 0.717) is 12.5 Å². The van der Waals surface area contributed by atoms with Crippen LogP contribution >= 0.6 is 0 Å². The summed E-state index contributed by atoms with van der Waals surface area (Å²) in [7, 11) is 0.